The second-order valence-electron chi connectivity index (χ2n) is 7.05. The predicted octanol–water partition coefficient (Wildman–Crippen LogP) is 4.91. The van der Waals surface area contributed by atoms with Gasteiger partial charge in [0.05, 0.1) is 11.3 Å². The molecule has 0 aliphatic heterocycles. The number of carbonyl (C=O) groups is 1. The summed E-state index contributed by atoms with van der Waals surface area (Å²) in [5, 5.41) is 11.8. The van der Waals surface area contributed by atoms with Gasteiger partial charge in [-0.25, -0.2) is 4.39 Å². The summed E-state index contributed by atoms with van der Waals surface area (Å²) in [6.07, 6.45) is 0. The fourth-order valence-electron chi connectivity index (χ4n) is 2.71. The summed E-state index contributed by atoms with van der Waals surface area (Å²) in [4.78, 5) is 14.7. The quantitative estimate of drug-likeness (QED) is 0.475. The van der Waals surface area contributed by atoms with Crippen LogP contribution in [0.5, 0.6) is 0 Å². The van der Waals surface area contributed by atoms with Crippen LogP contribution in [0.25, 0.3) is 5.69 Å². The molecular formula is C21H23BrFN5OS. The number of thioether (sulfide) groups is 1. The molecule has 1 heterocycles. The zero-order valence-corrected chi connectivity index (χ0v) is 19.5. The van der Waals surface area contributed by atoms with E-state index in [1.54, 1.807) is 12.1 Å². The van der Waals surface area contributed by atoms with Crippen molar-refractivity contribution in [2.75, 3.05) is 19.4 Å². The fourth-order valence-corrected chi connectivity index (χ4v) is 3.99. The van der Waals surface area contributed by atoms with Crippen LogP contribution in [-0.2, 0) is 4.79 Å². The van der Waals surface area contributed by atoms with Crippen molar-refractivity contribution >= 4 is 39.3 Å². The first kappa shape index (κ1) is 22.5. The molecule has 0 unspecified atom stereocenters. The number of amides is 1. The Kier molecular flexibility index (Phi) is 7.27. The SMILES string of the molecule is C[C@H](Sc1nnc([C@@H](C)N(C)C)n1-c1ccc(F)cc1)C(=O)Nc1cccc(Br)c1. The molecule has 30 heavy (non-hydrogen) atoms. The molecule has 0 spiro atoms. The molecule has 2 atom stereocenters. The van der Waals surface area contributed by atoms with Crippen molar-refractivity contribution in [3.05, 3.63) is 64.6 Å². The molecule has 0 saturated heterocycles. The summed E-state index contributed by atoms with van der Waals surface area (Å²) in [7, 11) is 3.91. The summed E-state index contributed by atoms with van der Waals surface area (Å²) < 4.78 is 16.2. The van der Waals surface area contributed by atoms with Crippen LogP contribution in [0.1, 0.15) is 25.7 Å². The molecule has 0 bridgehead atoms. The van der Waals surface area contributed by atoms with Crippen LogP contribution in [0.4, 0.5) is 10.1 Å². The van der Waals surface area contributed by atoms with Gasteiger partial charge in [0.15, 0.2) is 11.0 Å². The number of nitrogens with one attached hydrogen (secondary N) is 1. The molecule has 2 aromatic carbocycles. The van der Waals surface area contributed by atoms with Gasteiger partial charge >= 0.3 is 0 Å². The normalized spacial score (nSPS) is 13.3. The fraction of sp³-hybridized carbons (Fsp3) is 0.286. The molecule has 0 fully saturated rings. The molecule has 3 aromatic rings. The van der Waals surface area contributed by atoms with Crippen molar-refractivity contribution in [1.29, 1.82) is 0 Å². The number of aromatic nitrogens is 3. The molecule has 9 heteroatoms. The number of halogens is 2. The summed E-state index contributed by atoms with van der Waals surface area (Å²) in [5.74, 6) is 0.257. The van der Waals surface area contributed by atoms with E-state index in [-0.39, 0.29) is 17.8 Å². The number of hydrogen-bond acceptors (Lipinski definition) is 5. The van der Waals surface area contributed by atoms with Gasteiger partial charge in [-0.2, -0.15) is 0 Å². The van der Waals surface area contributed by atoms with Gasteiger partial charge in [-0.15, -0.1) is 10.2 Å². The molecular weight excluding hydrogens is 469 g/mol. The van der Waals surface area contributed by atoms with E-state index in [0.717, 1.165) is 10.2 Å². The molecule has 0 aliphatic carbocycles. The van der Waals surface area contributed by atoms with Gasteiger partial charge in [-0.1, -0.05) is 33.8 Å². The van der Waals surface area contributed by atoms with Gasteiger partial charge in [-0.05, 0) is 70.4 Å². The average molecular weight is 492 g/mol. The third-order valence-corrected chi connectivity index (χ3v) is 6.17. The van der Waals surface area contributed by atoms with E-state index < -0.39 is 5.25 Å². The second-order valence-corrected chi connectivity index (χ2v) is 9.28. The van der Waals surface area contributed by atoms with E-state index >= 15 is 0 Å². The Morgan fingerprint density at radius 3 is 2.50 bits per heavy atom. The smallest absolute Gasteiger partial charge is 0.237 e. The lowest BCUT2D eigenvalue weighted by molar-refractivity contribution is -0.115. The first-order chi connectivity index (χ1) is 14.3. The highest BCUT2D eigenvalue weighted by Gasteiger charge is 2.24. The Morgan fingerprint density at radius 1 is 1.17 bits per heavy atom. The standard InChI is InChI=1S/C21H23BrFN5OS/c1-13(27(3)4)19-25-26-21(28(19)18-10-8-16(23)9-11-18)30-14(2)20(29)24-17-7-5-6-15(22)12-17/h5-14H,1-4H3,(H,24,29)/t13-,14+/m1/s1. The lowest BCUT2D eigenvalue weighted by Crippen LogP contribution is -2.23. The predicted molar refractivity (Wildman–Crippen MR) is 122 cm³/mol. The Balaban J connectivity index is 1.87. The third kappa shape index (κ3) is 5.27. The number of hydrogen-bond donors (Lipinski definition) is 1. The van der Waals surface area contributed by atoms with Crippen LogP contribution in [-0.4, -0.2) is 44.9 Å². The van der Waals surface area contributed by atoms with E-state index in [0.29, 0.717) is 16.7 Å². The highest BCUT2D eigenvalue weighted by Crippen LogP contribution is 2.30. The summed E-state index contributed by atoms with van der Waals surface area (Å²) >= 11 is 4.71. The molecule has 1 N–H and O–H groups in total. The number of carbonyl (C=O) groups excluding carboxylic acids is 1. The Labute approximate surface area is 188 Å². The molecule has 0 radical (unpaired) electrons. The van der Waals surface area contributed by atoms with E-state index in [9.17, 15) is 9.18 Å². The Bertz CT molecular complexity index is 1020. The average Bonchev–Trinajstić information content (AvgIpc) is 3.11. The van der Waals surface area contributed by atoms with Crippen LogP contribution in [0.2, 0.25) is 0 Å². The van der Waals surface area contributed by atoms with E-state index in [2.05, 4.69) is 31.4 Å². The summed E-state index contributed by atoms with van der Waals surface area (Å²) in [6, 6.07) is 13.6. The number of anilines is 1. The van der Waals surface area contributed by atoms with Crippen LogP contribution in [0, 0.1) is 5.82 Å². The maximum Gasteiger partial charge on any atom is 0.237 e. The summed E-state index contributed by atoms with van der Waals surface area (Å²) in [5.41, 5.74) is 1.45. The number of rotatable bonds is 7. The second kappa shape index (κ2) is 9.72. The molecule has 1 aromatic heterocycles. The Morgan fingerprint density at radius 2 is 1.87 bits per heavy atom. The monoisotopic (exact) mass is 491 g/mol. The van der Waals surface area contributed by atoms with Gasteiger partial charge in [0.1, 0.15) is 5.82 Å². The first-order valence-corrected chi connectivity index (χ1v) is 11.0. The zero-order chi connectivity index (χ0) is 21.8. The minimum atomic E-state index is -0.421. The number of benzene rings is 2. The first-order valence-electron chi connectivity index (χ1n) is 9.37. The molecule has 158 valence electrons. The van der Waals surface area contributed by atoms with E-state index in [4.69, 9.17) is 0 Å². The van der Waals surface area contributed by atoms with Crippen molar-refractivity contribution in [3.8, 4) is 5.69 Å². The topological polar surface area (TPSA) is 63.1 Å². The largest absolute Gasteiger partial charge is 0.325 e. The van der Waals surface area contributed by atoms with Crippen LogP contribution < -0.4 is 5.32 Å². The molecule has 1 amide bonds. The molecule has 3 rings (SSSR count). The maximum absolute atomic E-state index is 13.5. The minimum Gasteiger partial charge on any atom is -0.325 e. The van der Waals surface area contributed by atoms with Crippen molar-refractivity contribution in [2.24, 2.45) is 0 Å². The van der Waals surface area contributed by atoms with Crippen LogP contribution in [0.3, 0.4) is 0 Å². The van der Waals surface area contributed by atoms with Gasteiger partial charge in [0, 0.05) is 15.8 Å². The maximum atomic E-state index is 13.5. The minimum absolute atomic E-state index is 0.0253. The van der Waals surface area contributed by atoms with Gasteiger partial charge in [-0.3, -0.25) is 14.3 Å². The highest BCUT2D eigenvalue weighted by atomic mass is 79.9. The zero-order valence-electron chi connectivity index (χ0n) is 17.1. The van der Waals surface area contributed by atoms with E-state index in [1.165, 1.54) is 23.9 Å². The van der Waals surface area contributed by atoms with Gasteiger partial charge in [0.2, 0.25) is 5.91 Å². The summed E-state index contributed by atoms with van der Waals surface area (Å²) in [6.45, 7) is 3.83. The lowest BCUT2D eigenvalue weighted by Gasteiger charge is -2.21. The molecule has 0 saturated carbocycles. The molecule has 6 nitrogen and oxygen atoms in total. The van der Waals surface area contributed by atoms with Crippen LogP contribution in [0.15, 0.2) is 58.2 Å². The van der Waals surface area contributed by atoms with Crippen LogP contribution >= 0.6 is 27.7 Å². The number of nitrogens with zero attached hydrogens (tertiary/aromatic N) is 4. The van der Waals surface area contributed by atoms with Gasteiger partial charge < -0.3 is 5.32 Å². The van der Waals surface area contributed by atoms with Crippen molar-refractivity contribution in [1.82, 2.24) is 19.7 Å². The third-order valence-electron chi connectivity index (χ3n) is 4.64. The highest BCUT2D eigenvalue weighted by molar-refractivity contribution is 9.10. The lowest BCUT2D eigenvalue weighted by atomic mass is 10.2. The molecule has 0 aliphatic rings. The van der Waals surface area contributed by atoms with Gasteiger partial charge in [0.25, 0.3) is 0 Å². The van der Waals surface area contributed by atoms with Crippen molar-refractivity contribution in [2.45, 2.75) is 30.3 Å². The van der Waals surface area contributed by atoms with E-state index in [1.807, 2.05) is 61.7 Å². The van der Waals surface area contributed by atoms with Crippen molar-refractivity contribution < 1.29 is 9.18 Å². The Hall–Kier alpha value is -2.23. The van der Waals surface area contributed by atoms with Crippen molar-refractivity contribution in [3.63, 3.8) is 0 Å².